The third-order valence-electron chi connectivity index (χ3n) is 4.34. The van der Waals surface area contributed by atoms with Crippen molar-refractivity contribution >= 4 is 44.3 Å². The summed E-state index contributed by atoms with van der Waals surface area (Å²) < 4.78 is 25.4. The van der Waals surface area contributed by atoms with E-state index in [1.165, 1.54) is 16.6 Å². The lowest BCUT2D eigenvalue weighted by atomic mass is 10.1. The number of hydrogen-bond donors (Lipinski definition) is 2. The molecule has 0 fully saturated rings. The molecule has 0 aliphatic heterocycles. The molecular formula is C19H22ClN5O3S. The third kappa shape index (κ3) is 4.68. The molecule has 10 heteroatoms. The number of benzene rings is 1. The van der Waals surface area contributed by atoms with E-state index in [4.69, 9.17) is 11.6 Å². The molecular weight excluding hydrogens is 414 g/mol. The molecule has 154 valence electrons. The van der Waals surface area contributed by atoms with Gasteiger partial charge in [0.15, 0.2) is 0 Å². The topological polar surface area (TPSA) is 108 Å². The number of H-pyrrole nitrogens is 1. The summed E-state index contributed by atoms with van der Waals surface area (Å²) in [6.45, 7) is 5.32. The summed E-state index contributed by atoms with van der Waals surface area (Å²) >= 11 is 6.05. The Balaban J connectivity index is 1.94. The van der Waals surface area contributed by atoms with Crippen LogP contribution in [-0.4, -0.2) is 35.7 Å². The molecule has 0 saturated heterocycles. The Morgan fingerprint density at radius 3 is 2.55 bits per heavy atom. The van der Waals surface area contributed by atoms with Gasteiger partial charge in [-0.15, -0.1) is 0 Å². The van der Waals surface area contributed by atoms with Crippen LogP contribution >= 0.6 is 11.6 Å². The largest absolute Gasteiger partial charge is 0.347 e. The summed E-state index contributed by atoms with van der Waals surface area (Å²) in [5, 5.41) is 4.44. The number of aromatic amines is 1. The summed E-state index contributed by atoms with van der Waals surface area (Å²) in [6, 6.07) is 7.79. The van der Waals surface area contributed by atoms with Crippen molar-refractivity contribution in [3.05, 3.63) is 57.5 Å². The first-order valence-corrected chi connectivity index (χ1v) is 11.2. The standard InChI is InChI=1S/C19H22ClN5O3S/c1-11(2)25(29(4,27)28)17-7-8-21-19(24-17)22-12(3)15-10-13-9-14(20)5-6-16(13)23-18(15)26/h5-12H,1-4H3,(H,23,26)(H,21,22,24)/t12-/m0/s1. The molecule has 0 unspecified atom stereocenters. The second-order valence-corrected chi connectivity index (χ2v) is 9.34. The Hall–Kier alpha value is -2.65. The average Bonchev–Trinajstić information content (AvgIpc) is 2.60. The smallest absolute Gasteiger partial charge is 0.253 e. The minimum Gasteiger partial charge on any atom is -0.347 e. The van der Waals surface area contributed by atoms with Gasteiger partial charge in [-0.3, -0.25) is 9.10 Å². The number of halogens is 1. The lowest BCUT2D eigenvalue weighted by Gasteiger charge is -2.25. The van der Waals surface area contributed by atoms with E-state index in [0.29, 0.717) is 16.1 Å². The van der Waals surface area contributed by atoms with Gasteiger partial charge >= 0.3 is 0 Å². The van der Waals surface area contributed by atoms with Crippen molar-refractivity contribution in [2.75, 3.05) is 15.9 Å². The molecule has 0 saturated carbocycles. The number of sulfonamides is 1. The van der Waals surface area contributed by atoms with E-state index in [2.05, 4.69) is 20.3 Å². The molecule has 0 aliphatic rings. The summed E-state index contributed by atoms with van der Waals surface area (Å²) in [5.74, 6) is 0.473. The molecule has 2 N–H and O–H groups in total. The summed E-state index contributed by atoms with van der Waals surface area (Å²) in [7, 11) is -3.50. The molecule has 8 nitrogen and oxygen atoms in total. The van der Waals surface area contributed by atoms with Crippen LogP contribution in [0.4, 0.5) is 11.8 Å². The second-order valence-electron chi connectivity index (χ2n) is 7.04. The Morgan fingerprint density at radius 1 is 1.17 bits per heavy atom. The molecule has 1 aromatic carbocycles. The van der Waals surface area contributed by atoms with Crippen LogP contribution in [0.25, 0.3) is 10.9 Å². The summed E-state index contributed by atoms with van der Waals surface area (Å²) in [6.07, 6.45) is 2.60. The molecule has 0 amide bonds. The van der Waals surface area contributed by atoms with Gasteiger partial charge in [-0.2, -0.15) is 4.98 Å². The van der Waals surface area contributed by atoms with Crippen molar-refractivity contribution in [1.82, 2.24) is 15.0 Å². The molecule has 0 bridgehead atoms. The predicted molar refractivity (Wildman–Crippen MR) is 116 cm³/mol. The van der Waals surface area contributed by atoms with E-state index < -0.39 is 16.1 Å². The highest BCUT2D eigenvalue weighted by molar-refractivity contribution is 7.92. The SMILES string of the molecule is CC(C)N(c1ccnc(N[C@@H](C)c2cc3cc(Cl)ccc3[nH]c2=O)n1)S(C)(=O)=O. The molecule has 2 aromatic heterocycles. The molecule has 3 aromatic rings. The number of rotatable bonds is 6. The Bertz CT molecular complexity index is 1210. The summed E-state index contributed by atoms with van der Waals surface area (Å²) in [4.78, 5) is 23.8. The lowest BCUT2D eigenvalue weighted by molar-refractivity contribution is 0.589. The highest BCUT2D eigenvalue weighted by atomic mass is 35.5. The monoisotopic (exact) mass is 435 g/mol. The van der Waals surface area contributed by atoms with E-state index in [9.17, 15) is 13.2 Å². The van der Waals surface area contributed by atoms with Crippen LogP contribution < -0.4 is 15.2 Å². The van der Waals surface area contributed by atoms with Gasteiger partial charge < -0.3 is 10.3 Å². The van der Waals surface area contributed by atoms with Gasteiger partial charge in [-0.1, -0.05) is 11.6 Å². The first-order chi connectivity index (χ1) is 13.6. The van der Waals surface area contributed by atoms with Crippen LogP contribution in [-0.2, 0) is 10.0 Å². The van der Waals surface area contributed by atoms with Crippen LogP contribution in [0.2, 0.25) is 5.02 Å². The zero-order chi connectivity index (χ0) is 21.3. The normalized spacial score (nSPS) is 12.9. The number of pyridine rings is 1. The van der Waals surface area contributed by atoms with Crippen molar-refractivity contribution in [2.45, 2.75) is 32.9 Å². The second kappa shape index (κ2) is 8.00. The van der Waals surface area contributed by atoms with Gasteiger partial charge in [0.2, 0.25) is 16.0 Å². The zero-order valence-electron chi connectivity index (χ0n) is 16.5. The molecule has 29 heavy (non-hydrogen) atoms. The zero-order valence-corrected chi connectivity index (χ0v) is 18.0. The predicted octanol–water partition coefficient (Wildman–Crippen LogP) is 3.32. The van der Waals surface area contributed by atoms with Gasteiger partial charge in [0.25, 0.3) is 5.56 Å². The molecule has 3 rings (SSSR count). The number of nitrogens with one attached hydrogen (secondary N) is 2. The lowest BCUT2D eigenvalue weighted by Crippen LogP contribution is -2.36. The van der Waals surface area contributed by atoms with Gasteiger partial charge in [-0.05, 0) is 45.0 Å². The molecule has 0 radical (unpaired) electrons. The van der Waals surface area contributed by atoms with E-state index in [-0.39, 0.29) is 23.4 Å². The number of fused-ring (bicyclic) bond motifs is 1. The molecule has 0 spiro atoms. The van der Waals surface area contributed by atoms with Gasteiger partial charge in [0.05, 0.1) is 12.3 Å². The van der Waals surface area contributed by atoms with Gasteiger partial charge in [0.1, 0.15) is 5.82 Å². The first-order valence-electron chi connectivity index (χ1n) is 8.97. The minimum absolute atomic E-state index is 0.217. The number of aromatic nitrogens is 3. The third-order valence-corrected chi connectivity index (χ3v) is 5.90. The fourth-order valence-corrected chi connectivity index (χ4v) is 4.53. The van der Waals surface area contributed by atoms with Crippen LogP contribution in [0.5, 0.6) is 0 Å². The molecule has 2 heterocycles. The van der Waals surface area contributed by atoms with Crippen molar-refractivity contribution in [3.63, 3.8) is 0 Å². The quantitative estimate of drug-likeness (QED) is 0.614. The van der Waals surface area contributed by atoms with Crippen molar-refractivity contribution in [3.8, 4) is 0 Å². The van der Waals surface area contributed by atoms with Crippen LogP contribution in [0.15, 0.2) is 41.3 Å². The van der Waals surface area contributed by atoms with E-state index in [1.54, 1.807) is 45.0 Å². The van der Waals surface area contributed by atoms with Crippen molar-refractivity contribution < 1.29 is 8.42 Å². The maximum absolute atomic E-state index is 12.5. The number of nitrogens with zero attached hydrogens (tertiary/aromatic N) is 3. The summed E-state index contributed by atoms with van der Waals surface area (Å²) in [5.41, 5.74) is 0.933. The fourth-order valence-electron chi connectivity index (χ4n) is 3.15. The van der Waals surface area contributed by atoms with Crippen LogP contribution in [0.1, 0.15) is 32.4 Å². The number of anilines is 2. The number of hydrogen-bond acceptors (Lipinski definition) is 6. The first kappa shape index (κ1) is 21.1. The van der Waals surface area contributed by atoms with E-state index in [0.717, 1.165) is 11.6 Å². The minimum atomic E-state index is -3.50. The highest BCUT2D eigenvalue weighted by Crippen LogP contribution is 2.23. The Morgan fingerprint density at radius 2 is 1.90 bits per heavy atom. The maximum Gasteiger partial charge on any atom is 0.253 e. The Kier molecular flexibility index (Phi) is 5.81. The molecule has 0 aliphatic carbocycles. The Labute approximate surface area is 174 Å². The average molecular weight is 436 g/mol. The van der Waals surface area contributed by atoms with E-state index >= 15 is 0 Å². The molecule has 1 atom stereocenters. The van der Waals surface area contributed by atoms with Crippen molar-refractivity contribution in [2.24, 2.45) is 0 Å². The van der Waals surface area contributed by atoms with Crippen molar-refractivity contribution in [1.29, 1.82) is 0 Å². The van der Waals surface area contributed by atoms with Crippen LogP contribution in [0, 0.1) is 0 Å². The fraction of sp³-hybridized carbons (Fsp3) is 0.316. The van der Waals surface area contributed by atoms with E-state index in [1.807, 2.05) is 0 Å². The van der Waals surface area contributed by atoms with Crippen LogP contribution in [0.3, 0.4) is 0 Å². The highest BCUT2D eigenvalue weighted by Gasteiger charge is 2.23. The van der Waals surface area contributed by atoms with Gasteiger partial charge in [-0.25, -0.2) is 13.4 Å². The van der Waals surface area contributed by atoms with Gasteiger partial charge in [0, 0.05) is 39.8 Å². The maximum atomic E-state index is 12.5.